The Labute approximate surface area is 153 Å². The summed E-state index contributed by atoms with van der Waals surface area (Å²) >= 11 is 1.65. The minimum Gasteiger partial charge on any atom is -0.309 e. The van der Waals surface area contributed by atoms with Crippen LogP contribution in [0.1, 0.15) is 30.9 Å². The van der Waals surface area contributed by atoms with Gasteiger partial charge in [0, 0.05) is 49.2 Å². The van der Waals surface area contributed by atoms with Gasteiger partial charge in [-0.3, -0.25) is 4.90 Å². The van der Waals surface area contributed by atoms with E-state index in [1.165, 1.54) is 6.07 Å². The number of nitrogens with zero attached hydrogens (tertiary/aromatic N) is 3. The SMILES string of the molecule is CCSc1ncc(CN[C@H]2CCCN(Cc3ccccc3F)C2)cn1. The Bertz CT molecular complexity index is 665. The highest BCUT2D eigenvalue weighted by Gasteiger charge is 2.20. The zero-order valence-electron chi connectivity index (χ0n) is 14.6. The first kappa shape index (κ1) is 18.3. The Morgan fingerprint density at radius 3 is 2.84 bits per heavy atom. The second-order valence-electron chi connectivity index (χ2n) is 6.35. The summed E-state index contributed by atoms with van der Waals surface area (Å²) in [5.74, 6) is 0.872. The maximum atomic E-state index is 13.8. The first-order valence-electron chi connectivity index (χ1n) is 8.87. The Morgan fingerprint density at radius 1 is 1.28 bits per heavy atom. The average molecular weight is 361 g/mol. The summed E-state index contributed by atoms with van der Waals surface area (Å²) in [6.45, 7) is 5.52. The van der Waals surface area contributed by atoms with Crippen LogP contribution in [0.25, 0.3) is 0 Å². The largest absolute Gasteiger partial charge is 0.309 e. The number of rotatable bonds is 7. The minimum absolute atomic E-state index is 0.111. The van der Waals surface area contributed by atoms with Gasteiger partial charge < -0.3 is 5.32 Å². The summed E-state index contributed by atoms with van der Waals surface area (Å²) in [7, 11) is 0. The molecule has 3 rings (SSSR count). The number of hydrogen-bond donors (Lipinski definition) is 1. The lowest BCUT2D eigenvalue weighted by molar-refractivity contribution is 0.181. The van der Waals surface area contributed by atoms with Crippen molar-refractivity contribution in [2.75, 3.05) is 18.8 Å². The summed E-state index contributed by atoms with van der Waals surface area (Å²) in [5.41, 5.74) is 1.88. The summed E-state index contributed by atoms with van der Waals surface area (Å²) in [6, 6.07) is 7.48. The van der Waals surface area contributed by atoms with Crippen LogP contribution in [0, 0.1) is 5.82 Å². The predicted octanol–water partition coefficient (Wildman–Crippen LogP) is 3.48. The summed E-state index contributed by atoms with van der Waals surface area (Å²) in [6.07, 6.45) is 6.09. The second kappa shape index (κ2) is 9.27. The van der Waals surface area contributed by atoms with Gasteiger partial charge in [0.2, 0.25) is 0 Å². The molecule has 1 atom stereocenters. The number of likely N-dealkylation sites (tertiary alicyclic amines) is 1. The third-order valence-corrected chi connectivity index (χ3v) is 5.16. The summed E-state index contributed by atoms with van der Waals surface area (Å²) in [5, 5.41) is 4.43. The van der Waals surface area contributed by atoms with Gasteiger partial charge >= 0.3 is 0 Å². The molecular weight excluding hydrogens is 335 g/mol. The first-order chi connectivity index (χ1) is 12.2. The van der Waals surface area contributed by atoms with Gasteiger partial charge in [-0.2, -0.15) is 0 Å². The van der Waals surface area contributed by atoms with E-state index in [0.717, 1.165) is 54.5 Å². The maximum absolute atomic E-state index is 13.8. The Kier molecular flexibility index (Phi) is 6.78. The van der Waals surface area contributed by atoms with Gasteiger partial charge in [0.15, 0.2) is 5.16 Å². The summed E-state index contributed by atoms with van der Waals surface area (Å²) < 4.78 is 13.8. The van der Waals surface area contributed by atoms with Gasteiger partial charge in [0.05, 0.1) is 0 Å². The van der Waals surface area contributed by atoms with Crippen LogP contribution < -0.4 is 5.32 Å². The molecule has 0 unspecified atom stereocenters. The molecule has 0 aliphatic carbocycles. The molecule has 0 radical (unpaired) electrons. The van der Waals surface area contributed by atoms with Gasteiger partial charge in [0.1, 0.15) is 5.82 Å². The minimum atomic E-state index is -0.111. The van der Waals surface area contributed by atoms with Crippen LogP contribution in [0.3, 0.4) is 0 Å². The van der Waals surface area contributed by atoms with Gasteiger partial charge in [0.25, 0.3) is 0 Å². The van der Waals surface area contributed by atoms with Gasteiger partial charge in [-0.25, -0.2) is 14.4 Å². The standard InChI is InChI=1S/C19H25FN4S/c1-2-25-19-22-11-15(12-23-19)10-21-17-7-5-9-24(14-17)13-16-6-3-4-8-18(16)20/h3-4,6,8,11-12,17,21H,2,5,7,9-10,13-14H2,1H3/t17-/m0/s1. The molecule has 1 aromatic carbocycles. The molecular formula is C19H25FN4S. The molecule has 1 N–H and O–H groups in total. The molecule has 0 bridgehead atoms. The Hall–Kier alpha value is -1.50. The van der Waals surface area contributed by atoms with Crippen molar-refractivity contribution in [1.82, 2.24) is 20.2 Å². The van der Waals surface area contributed by atoms with Crippen LogP contribution >= 0.6 is 11.8 Å². The lowest BCUT2D eigenvalue weighted by Crippen LogP contribution is -2.45. The number of benzene rings is 1. The molecule has 1 aliphatic rings. The molecule has 2 aromatic rings. The predicted molar refractivity (Wildman–Crippen MR) is 100.0 cm³/mol. The van der Waals surface area contributed by atoms with Crippen molar-refractivity contribution in [2.24, 2.45) is 0 Å². The molecule has 0 saturated carbocycles. The fraction of sp³-hybridized carbons (Fsp3) is 0.474. The van der Waals surface area contributed by atoms with E-state index in [-0.39, 0.29) is 5.82 Å². The third-order valence-electron chi connectivity index (χ3n) is 4.41. The first-order valence-corrected chi connectivity index (χ1v) is 9.86. The highest BCUT2D eigenvalue weighted by Crippen LogP contribution is 2.16. The quantitative estimate of drug-likeness (QED) is 0.605. The van der Waals surface area contributed by atoms with Gasteiger partial charge in [-0.15, -0.1) is 0 Å². The molecule has 25 heavy (non-hydrogen) atoms. The van der Waals surface area contributed by atoms with Gasteiger partial charge in [-0.1, -0.05) is 36.9 Å². The lowest BCUT2D eigenvalue weighted by atomic mass is 10.0. The molecule has 0 spiro atoms. The monoisotopic (exact) mass is 360 g/mol. The highest BCUT2D eigenvalue weighted by molar-refractivity contribution is 7.99. The van der Waals surface area contributed by atoms with E-state index in [9.17, 15) is 4.39 Å². The van der Waals surface area contributed by atoms with E-state index >= 15 is 0 Å². The number of aromatic nitrogens is 2. The van der Waals surface area contributed by atoms with Crippen molar-refractivity contribution in [2.45, 2.75) is 44.1 Å². The average Bonchev–Trinajstić information content (AvgIpc) is 2.64. The van der Waals surface area contributed by atoms with Crippen LogP contribution in [0.15, 0.2) is 41.8 Å². The Balaban J connectivity index is 1.49. The van der Waals surface area contributed by atoms with Crippen molar-refractivity contribution in [3.8, 4) is 0 Å². The molecule has 1 saturated heterocycles. The van der Waals surface area contributed by atoms with Gasteiger partial charge in [-0.05, 0) is 31.2 Å². The fourth-order valence-electron chi connectivity index (χ4n) is 3.13. The topological polar surface area (TPSA) is 41.1 Å². The maximum Gasteiger partial charge on any atom is 0.187 e. The smallest absolute Gasteiger partial charge is 0.187 e. The van der Waals surface area contributed by atoms with E-state index in [1.807, 2.05) is 24.5 Å². The van der Waals surface area contributed by atoms with E-state index in [0.29, 0.717) is 12.6 Å². The number of piperidine rings is 1. The van der Waals surface area contributed by atoms with Crippen LogP contribution in [-0.4, -0.2) is 39.8 Å². The molecule has 134 valence electrons. The normalized spacial score (nSPS) is 18.4. The molecule has 0 amide bonds. The lowest BCUT2D eigenvalue weighted by Gasteiger charge is -2.33. The second-order valence-corrected chi connectivity index (χ2v) is 7.58. The van der Waals surface area contributed by atoms with E-state index < -0.39 is 0 Å². The van der Waals surface area contributed by atoms with Crippen LogP contribution in [0.4, 0.5) is 4.39 Å². The van der Waals surface area contributed by atoms with E-state index in [4.69, 9.17) is 0 Å². The zero-order chi connectivity index (χ0) is 17.5. The third kappa shape index (κ3) is 5.49. The molecule has 1 aromatic heterocycles. The van der Waals surface area contributed by atoms with Crippen molar-refractivity contribution < 1.29 is 4.39 Å². The van der Waals surface area contributed by atoms with Crippen molar-refractivity contribution in [3.05, 3.63) is 53.6 Å². The number of thioether (sulfide) groups is 1. The van der Waals surface area contributed by atoms with Crippen molar-refractivity contribution in [3.63, 3.8) is 0 Å². The van der Waals surface area contributed by atoms with Crippen LogP contribution in [0.2, 0.25) is 0 Å². The molecule has 1 fully saturated rings. The number of hydrogen-bond acceptors (Lipinski definition) is 5. The van der Waals surface area contributed by atoms with E-state index in [1.54, 1.807) is 17.8 Å². The molecule has 1 aliphatic heterocycles. The molecule has 2 heterocycles. The van der Waals surface area contributed by atoms with Crippen LogP contribution in [-0.2, 0) is 13.1 Å². The highest BCUT2D eigenvalue weighted by atomic mass is 32.2. The van der Waals surface area contributed by atoms with Crippen molar-refractivity contribution in [1.29, 1.82) is 0 Å². The number of halogens is 1. The number of nitrogens with one attached hydrogen (secondary N) is 1. The summed E-state index contributed by atoms with van der Waals surface area (Å²) in [4.78, 5) is 11.1. The fourth-order valence-corrected chi connectivity index (χ4v) is 3.65. The van der Waals surface area contributed by atoms with E-state index in [2.05, 4.69) is 27.1 Å². The Morgan fingerprint density at radius 2 is 2.08 bits per heavy atom. The van der Waals surface area contributed by atoms with Crippen molar-refractivity contribution >= 4 is 11.8 Å². The molecule has 4 nitrogen and oxygen atoms in total. The van der Waals surface area contributed by atoms with Crippen LogP contribution in [0.5, 0.6) is 0 Å². The molecule has 6 heteroatoms. The zero-order valence-corrected chi connectivity index (χ0v) is 15.4.